The Hall–Kier alpha value is -3.37. The van der Waals surface area contributed by atoms with Crippen molar-refractivity contribution in [2.24, 2.45) is 0 Å². The second-order valence-corrected chi connectivity index (χ2v) is 7.35. The van der Waals surface area contributed by atoms with E-state index < -0.39 is 0 Å². The summed E-state index contributed by atoms with van der Waals surface area (Å²) in [4.78, 5) is 29.9. The molecule has 1 heterocycles. The van der Waals surface area contributed by atoms with E-state index in [2.05, 4.69) is 0 Å². The maximum atomic E-state index is 13.5. The van der Waals surface area contributed by atoms with Crippen molar-refractivity contribution in [1.29, 1.82) is 0 Å². The number of para-hydroxylation sites is 1. The van der Waals surface area contributed by atoms with Gasteiger partial charge >= 0.3 is 0 Å². The van der Waals surface area contributed by atoms with Gasteiger partial charge in [-0.05, 0) is 54.4 Å². The molecule has 4 rings (SSSR count). The van der Waals surface area contributed by atoms with E-state index in [-0.39, 0.29) is 11.8 Å². The minimum atomic E-state index is -0.350. The quantitative estimate of drug-likeness (QED) is 0.572. The molecule has 2 amide bonds. The molecule has 3 aromatic rings. The fraction of sp³-hybridized carbons (Fsp3) is 0.0833. The fourth-order valence-electron chi connectivity index (χ4n) is 3.49. The molecule has 0 saturated heterocycles. The molecule has 29 heavy (non-hydrogen) atoms. The smallest absolute Gasteiger partial charge is 0.282 e. The van der Waals surface area contributed by atoms with Crippen molar-refractivity contribution in [3.05, 3.63) is 101 Å². The number of anilines is 2. The maximum absolute atomic E-state index is 13.5. The molecule has 0 spiro atoms. The molecule has 0 aromatic heterocycles. The van der Waals surface area contributed by atoms with Crippen molar-refractivity contribution < 1.29 is 9.59 Å². The van der Waals surface area contributed by atoms with Crippen LogP contribution in [0.1, 0.15) is 11.1 Å². The molecule has 1 aliphatic rings. The minimum absolute atomic E-state index is 0.338. The summed E-state index contributed by atoms with van der Waals surface area (Å²) in [7, 11) is 1.80. The zero-order valence-electron chi connectivity index (χ0n) is 16.1. The van der Waals surface area contributed by atoms with Crippen LogP contribution in [-0.2, 0) is 9.59 Å². The van der Waals surface area contributed by atoms with Gasteiger partial charge in [-0.15, -0.1) is 0 Å². The Morgan fingerprint density at radius 1 is 0.828 bits per heavy atom. The van der Waals surface area contributed by atoms with Crippen molar-refractivity contribution in [2.45, 2.75) is 6.92 Å². The second-order valence-electron chi connectivity index (χ2n) is 6.91. The summed E-state index contributed by atoms with van der Waals surface area (Å²) in [6.07, 6.45) is 0. The highest BCUT2D eigenvalue weighted by Crippen LogP contribution is 2.36. The topological polar surface area (TPSA) is 40.6 Å². The van der Waals surface area contributed by atoms with Crippen molar-refractivity contribution in [3.8, 4) is 0 Å². The van der Waals surface area contributed by atoms with Gasteiger partial charge in [0.15, 0.2) is 0 Å². The Bertz CT molecular complexity index is 1120. The van der Waals surface area contributed by atoms with Gasteiger partial charge in [-0.25, -0.2) is 4.90 Å². The largest absolute Gasteiger partial charge is 0.339 e. The highest BCUT2D eigenvalue weighted by atomic mass is 35.5. The van der Waals surface area contributed by atoms with Crippen molar-refractivity contribution in [2.75, 3.05) is 16.8 Å². The molecule has 3 aromatic carbocycles. The second kappa shape index (κ2) is 7.57. The lowest BCUT2D eigenvalue weighted by Crippen LogP contribution is -2.34. The molecular weight excluding hydrogens is 384 g/mol. The number of carbonyl (C=O) groups is 2. The average molecular weight is 403 g/mol. The van der Waals surface area contributed by atoms with Gasteiger partial charge in [-0.3, -0.25) is 9.59 Å². The average Bonchev–Trinajstić information content (AvgIpc) is 2.99. The van der Waals surface area contributed by atoms with Crippen LogP contribution in [0, 0.1) is 6.92 Å². The number of carbonyl (C=O) groups excluding carboxylic acids is 2. The first-order chi connectivity index (χ1) is 14.0. The van der Waals surface area contributed by atoms with Crippen LogP contribution in [0.2, 0.25) is 5.02 Å². The van der Waals surface area contributed by atoms with E-state index in [4.69, 9.17) is 11.6 Å². The van der Waals surface area contributed by atoms with Crippen molar-refractivity contribution in [3.63, 3.8) is 0 Å². The lowest BCUT2D eigenvalue weighted by molar-refractivity contribution is -0.120. The van der Waals surface area contributed by atoms with Crippen LogP contribution in [0.4, 0.5) is 11.4 Å². The standard InChI is InChI=1S/C24H19ClN2O2/c1-16-7-6-10-20(15-16)27-23(28)21(17-11-13-18(25)14-12-17)22(24(27)29)26(2)19-8-4-3-5-9-19/h3-15H,1-2H3. The van der Waals surface area contributed by atoms with Gasteiger partial charge in [0, 0.05) is 17.8 Å². The van der Waals surface area contributed by atoms with Crippen LogP contribution in [-0.4, -0.2) is 18.9 Å². The Morgan fingerprint density at radius 3 is 2.17 bits per heavy atom. The van der Waals surface area contributed by atoms with Crippen LogP contribution < -0.4 is 9.80 Å². The number of halogens is 1. The lowest BCUT2D eigenvalue weighted by Gasteiger charge is -2.21. The summed E-state index contributed by atoms with van der Waals surface area (Å²) >= 11 is 6.03. The number of benzene rings is 3. The van der Waals surface area contributed by atoms with Gasteiger partial charge in [0.05, 0.1) is 11.3 Å². The van der Waals surface area contributed by atoms with E-state index in [1.165, 1.54) is 4.90 Å². The summed E-state index contributed by atoms with van der Waals surface area (Å²) in [5.41, 5.74) is 3.70. The minimum Gasteiger partial charge on any atom is -0.339 e. The van der Waals surface area contributed by atoms with Crippen LogP contribution >= 0.6 is 11.6 Å². The summed E-state index contributed by atoms with van der Waals surface area (Å²) in [5.74, 6) is -0.697. The fourth-order valence-corrected chi connectivity index (χ4v) is 3.61. The first kappa shape index (κ1) is 19.0. The third kappa shape index (κ3) is 3.43. The van der Waals surface area contributed by atoms with Crippen LogP contribution in [0.25, 0.3) is 5.57 Å². The Balaban J connectivity index is 1.88. The van der Waals surface area contributed by atoms with E-state index in [0.29, 0.717) is 27.5 Å². The summed E-state index contributed by atoms with van der Waals surface area (Å²) in [6.45, 7) is 1.93. The Morgan fingerprint density at radius 2 is 1.52 bits per heavy atom. The summed E-state index contributed by atoms with van der Waals surface area (Å²) in [6, 6.07) is 23.9. The van der Waals surface area contributed by atoms with Crippen LogP contribution in [0.15, 0.2) is 84.6 Å². The molecule has 0 atom stereocenters. The first-order valence-electron chi connectivity index (χ1n) is 9.22. The Kier molecular flexibility index (Phi) is 4.95. The van der Waals surface area contributed by atoms with Gasteiger partial charge in [0.25, 0.3) is 11.8 Å². The summed E-state index contributed by atoms with van der Waals surface area (Å²) in [5, 5.41) is 0.569. The van der Waals surface area contributed by atoms with Gasteiger partial charge < -0.3 is 4.90 Å². The summed E-state index contributed by atoms with van der Waals surface area (Å²) < 4.78 is 0. The van der Waals surface area contributed by atoms with E-state index >= 15 is 0 Å². The number of imide groups is 1. The number of aryl methyl sites for hydroxylation is 1. The van der Waals surface area contributed by atoms with Gasteiger partial charge in [0.1, 0.15) is 5.70 Å². The van der Waals surface area contributed by atoms with Crippen molar-refractivity contribution in [1.82, 2.24) is 0 Å². The van der Waals surface area contributed by atoms with Crippen molar-refractivity contribution >= 4 is 40.4 Å². The normalized spacial score (nSPS) is 14.0. The van der Waals surface area contributed by atoms with Gasteiger partial charge in [-0.2, -0.15) is 0 Å². The highest BCUT2D eigenvalue weighted by molar-refractivity contribution is 6.46. The van der Waals surface area contributed by atoms with E-state index in [9.17, 15) is 9.59 Å². The third-order valence-electron chi connectivity index (χ3n) is 4.93. The number of hydrogen-bond donors (Lipinski definition) is 0. The molecule has 0 radical (unpaired) electrons. The van der Waals surface area contributed by atoms with E-state index in [1.807, 2.05) is 55.5 Å². The molecule has 0 saturated carbocycles. The predicted octanol–water partition coefficient (Wildman–Crippen LogP) is 5.07. The number of nitrogens with zero attached hydrogens (tertiary/aromatic N) is 2. The zero-order valence-corrected chi connectivity index (χ0v) is 16.9. The molecule has 0 bridgehead atoms. The molecule has 144 valence electrons. The Labute approximate surface area is 174 Å². The SMILES string of the molecule is Cc1cccc(N2C(=O)C(c3ccc(Cl)cc3)=C(N(C)c3ccccc3)C2=O)c1. The third-order valence-corrected chi connectivity index (χ3v) is 5.18. The van der Waals surface area contributed by atoms with Crippen LogP contribution in [0.3, 0.4) is 0 Å². The molecular formula is C24H19ClN2O2. The van der Waals surface area contributed by atoms with E-state index in [1.54, 1.807) is 42.3 Å². The monoisotopic (exact) mass is 402 g/mol. The van der Waals surface area contributed by atoms with Gasteiger partial charge in [-0.1, -0.05) is 54.1 Å². The van der Waals surface area contributed by atoms with Crippen LogP contribution in [0.5, 0.6) is 0 Å². The zero-order chi connectivity index (χ0) is 20.5. The molecule has 0 unspecified atom stereocenters. The molecule has 1 aliphatic heterocycles. The predicted molar refractivity (Wildman–Crippen MR) is 117 cm³/mol. The maximum Gasteiger partial charge on any atom is 0.282 e. The number of rotatable bonds is 4. The van der Waals surface area contributed by atoms with Gasteiger partial charge in [0.2, 0.25) is 0 Å². The van der Waals surface area contributed by atoms with E-state index in [0.717, 1.165) is 11.3 Å². The first-order valence-corrected chi connectivity index (χ1v) is 9.59. The molecule has 0 N–H and O–H groups in total. The molecule has 0 aliphatic carbocycles. The molecule has 4 nitrogen and oxygen atoms in total. The molecule has 0 fully saturated rings. The number of hydrogen-bond acceptors (Lipinski definition) is 3. The number of likely N-dealkylation sites (N-methyl/N-ethyl adjacent to an activating group) is 1. The number of amides is 2. The lowest BCUT2D eigenvalue weighted by atomic mass is 10.0. The highest BCUT2D eigenvalue weighted by Gasteiger charge is 2.42. The molecule has 5 heteroatoms.